The van der Waals surface area contributed by atoms with Crippen LogP contribution < -0.4 is 9.62 Å². The molecular formula is C19H22N2O3S. The van der Waals surface area contributed by atoms with E-state index in [9.17, 15) is 13.2 Å². The number of carbonyl (C=O) groups excluding carboxylic acids is 1. The average Bonchev–Trinajstić information content (AvgIpc) is 2.58. The first kappa shape index (κ1) is 17.5. The molecule has 1 N–H and O–H groups in total. The minimum atomic E-state index is -3.63. The van der Waals surface area contributed by atoms with Gasteiger partial charge in [-0.15, -0.1) is 0 Å². The van der Waals surface area contributed by atoms with Crippen molar-refractivity contribution >= 4 is 27.3 Å². The normalized spacial score (nSPS) is 15.3. The third-order valence-electron chi connectivity index (χ3n) is 4.54. The number of benzene rings is 2. The highest BCUT2D eigenvalue weighted by Gasteiger charge is 2.20. The minimum Gasteiger partial charge on any atom is -0.312 e. The first-order chi connectivity index (χ1) is 11.9. The van der Waals surface area contributed by atoms with E-state index in [-0.39, 0.29) is 10.8 Å². The number of rotatable bonds is 4. The predicted octanol–water partition coefficient (Wildman–Crippen LogP) is 3.62. The summed E-state index contributed by atoms with van der Waals surface area (Å²) in [5, 5.41) is 0. The lowest BCUT2D eigenvalue weighted by Crippen LogP contribution is -2.35. The van der Waals surface area contributed by atoms with E-state index >= 15 is 0 Å². The van der Waals surface area contributed by atoms with Gasteiger partial charge in [0.05, 0.1) is 4.90 Å². The van der Waals surface area contributed by atoms with Crippen LogP contribution in [0.25, 0.3) is 0 Å². The number of hydrogen-bond acceptors (Lipinski definition) is 3. The molecule has 2 aromatic rings. The maximum Gasteiger partial charge on any atom is 0.261 e. The lowest BCUT2D eigenvalue weighted by molar-refractivity contribution is -0.119. The maximum atomic E-state index is 12.5. The van der Waals surface area contributed by atoms with Crippen LogP contribution in [0.1, 0.15) is 30.4 Å². The molecular weight excluding hydrogens is 336 g/mol. The van der Waals surface area contributed by atoms with Gasteiger partial charge in [-0.2, -0.15) is 0 Å². The lowest BCUT2D eigenvalue weighted by Gasteiger charge is -2.26. The Morgan fingerprint density at radius 2 is 1.68 bits per heavy atom. The van der Waals surface area contributed by atoms with Crippen molar-refractivity contribution < 1.29 is 13.2 Å². The number of nitrogens with one attached hydrogen (secondary N) is 1. The summed E-state index contributed by atoms with van der Waals surface area (Å²) in [7, 11) is -3.63. The third kappa shape index (κ3) is 3.85. The SMILES string of the molecule is Cc1ccc(S(=O)(=O)Nc2ccc(N3CCCCC3=O)cc2)cc1C. The highest BCUT2D eigenvalue weighted by atomic mass is 32.2. The molecule has 1 saturated heterocycles. The zero-order chi connectivity index (χ0) is 18.0. The van der Waals surface area contributed by atoms with Gasteiger partial charge in [0.2, 0.25) is 5.91 Å². The van der Waals surface area contributed by atoms with E-state index in [1.165, 1.54) is 0 Å². The second-order valence-corrected chi connectivity index (χ2v) is 8.08. The van der Waals surface area contributed by atoms with Gasteiger partial charge in [-0.05, 0) is 74.2 Å². The number of nitrogens with zero attached hydrogens (tertiary/aromatic N) is 1. The molecule has 0 atom stereocenters. The Hall–Kier alpha value is -2.34. The molecule has 0 aromatic heterocycles. The first-order valence-corrected chi connectivity index (χ1v) is 9.86. The summed E-state index contributed by atoms with van der Waals surface area (Å²) < 4.78 is 27.6. The van der Waals surface area contributed by atoms with E-state index < -0.39 is 10.0 Å². The largest absolute Gasteiger partial charge is 0.312 e. The van der Waals surface area contributed by atoms with E-state index in [0.29, 0.717) is 18.7 Å². The van der Waals surface area contributed by atoms with Crippen molar-refractivity contribution in [3.63, 3.8) is 0 Å². The van der Waals surface area contributed by atoms with Gasteiger partial charge in [0.1, 0.15) is 0 Å². The van der Waals surface area contributed by atoms with E-state index in [0.717, 1.165) is 29.7 Å². The van der Waals surface area contributed by atoms with Crippen molar-refractivity contribution in [2.24, 2.45) is 0 Å². The Kier molecular flexibility index (Phi) is 4.81. The van der Waals surface area contributed by atoms with Crippen molar-refractivity contribution in [2.75, 3.05) is 16.2 Å². The van der Waals surface area contributed by atoms with Crippen molar-refractivity contribution in [3.05, 3.63) is 53.6 Å². The van der Waals surface area contributed by atoms with Gasteiger partial charge in [-0.3, -0.25) is 9.52 Å². The van der Waals surface area contributed by atoms with Gasteiger partial charge in [0, 0.05) is 24.3 Å². The molecule has 1 heterocycles. The molecule has 0 unspecified atom stereocenters. The topological polar surface area (TPSA) is 66.5 Å². The zero-order valence-corrected chi connectivity index (χ0v) is 15.3. The summed E-state index contributed by atoms with van der Waals surface area (Å²) in [5.74, 6) is 0.120. The van der Waals surface area contributed by atoms with Gasteiger partial charge in [0.25, 0.3) is 10.0 Å². The molecule has 0 aliphatic carbocycles. The van der Waals surface area contributed by atoms with Crippen LogP contribution in [0.4, 0.5) is 11.4 Å². The smallest absolute Gasteiger partial charge is 0.261 e. The average molecular weight is 358 g/mol. The fourth-order valence-corrected chi connectivity index (χ4v) is 4.03. The molecule has 0 bridgehead atoms. The molecule has 1 aliphatic heterocycles. The number of piperidine rings is 1. The maximum absolute atomic E-state index is 12.5. The summed E-state index contributed by atoms with van der Waals surface area (Å²) in [6, 6.07) is 12.0. The van der Waals surface area contributed by atoms with Crippen molar-refractivity contribution in [1.82, 2.24) is 0 Å². The molecule has 2 aromatic carbocycles. The quantitative estimate of drug-likeness (QED) is 0.908. The summed E-state index contributed by atoms with van der Waals surface area (Å²) >= 11 is 0. The fraction of sp³-hybridized carbons (Fsp3) is 0.316. The number of hydrogen-bond donors (Lipinski definition) is 1. The van der Waals surface area contributed by atoms with Crippen LogP contribution in [-0.2, 0) is 14.8 Å². The van der Waals surface area contributed by atoms with Gasteiger partial charge in [-0.1, -0.05) is 6.07 Å². The molecule has 0 spiro atoms. The fourth-order valence-electron chi connectivity index (χ4n) is 2.88. The van der Waals surface area contributed by atoms with Crippen LogP contribution in [0.15, 0.2) is 47.4 Å². The molecule has 1 amide bonds. The molecule has 6 heteroatoms. The van der Waals surface area contributed by atoms with E-state index in [1.54, 1.807) is 47.4 Å². The standard InChI is InChI=1S/C19H22N2O3S/c1-14-6-11-18(13-15(14)2)25(23,24)20-16-7-9-17(10-8-16)21-12-4-3-5-19(21)22/h6-11,13,20H,3-5,12H2,1-2H3. The van der Waals surface area contributed by atoms with Crippen molar-refractivity contribution in [2.45, 2.75) is 38.0 Å². The monoisotopic (exact) mass is 358 g/mol. The molecule has 25 heavy (non-hydrogen) atoms. The van der Waals surface area contributed by atoms with Crippen LogP contribution in [0, 0.1) is 13.8 Å². The molecule has 3 rings (SSSR count). The number of amides is 1. The van der Waals surface area contributed by atoms with E-state index in [1.807, 2.05) is 13.8 Å². The molecule has 0 saturated carbocycles. The molecule has 1 fully saturated rings. The number of carbonyl (C=O) groups is 1. The zero-order valence-electron chi connectivity index (χ0n) is 14.5. The van der Waals surface area contributed by atoms with Crippen LogP contribution in [0.3, 0.4) is 0 Å². The minimum absolute atomic E-state index is 0.120. The Balaban J connectivity index is 1.78. The molecule has 5 nitrogen and oxygen atoms in total. The molecule has 132 valence electrons. The highest BCUT2D eigenvalue weighted by Crippen LogP contribution is 2.24. The van der Waals surface area contributed by atoms with Crippen LogP contribution in [0.5, 0.6) is 0 Å². The highest BCUT2D eigenvalue weighted by molar-refractivity contribution is 7.92. The molecule has 0 radical (unpaired) electrons. The lowest BCUT2D eigenvalue weighted by atomic mass is 10.1. The first-order valence-electron chi connectivity index (χ1n) is 8.37. The van der Waals surface area contributed by atoms with Gasteiger partial charge >= 0.3 is 0 Å². The van der Waals surface area contributed by atoms with Crippen LogP contribution in [-0.4, -0.2) is 20.9 Å². The second kappa shape index (κ2) is 6.88. The van der Waals surface area contributed by atoms with E-state index in [2.05, 4.69) is 4.72 Å². The van der Waals surface area contributed by atoms with Crippen LogP contribution in [0.2, 0.25) is 0 Å². The van der Waals surface area contributed by atoms with Crippen molar-refractivity contribution in [1.29, 1.82) is 0 Å². The summed E-state index contributed by atoms with van der Waals surface area (Å²) in [6.07, 6.45) is 2.50. The van der Waals surface area contributed by atoms with Crippen LogP contribution >= 0.6 is 0 Å². The summed E-state index contributed by atoms with van der Waals surface area (Å²) in [5.41, 5.74) is 3.27. The second-order valence-electron chi connectivity index (χ2n) is 6.40. The van der Waals surface area contributed by atoms with Gasteiger partial charge in [-0.25, -0.2) is 8.42 Å². The Labute approximate surface area is 148 Å². The van der Waals surface area contributed by atoms with E-state index in [4.69, 9.17) is 0 Å². The van der Waals surface area contributed by atoms with Crippen molar-refractivity contribution in [3.8, 4) is 0 Å². The summed E-state index contributed by atoms with van der Waals surface area (Å²) in [4.78, 5) is 14.0. The number of aryl methyl sites for hydroxylation is 2. The number of anilines is 2. The van der Waals surface area contributed by atoms with Gasteiger partial charge in [0.15, 0.2) is 0 Å². The third-order valence-corrected chi connectivity index (χ3v) is 5.92. The van der Waals surface area contributed by atoms with Gasteiger partial charge < -0.3 is 4.90 Å². The Morgan fingerprint density at radius 3 is 2.32 bits per heavy atom. The number of sulfonamides is 1. The Morgan fingerprint density at radius 1 is 0.960 bits per heavy atom. The molecule has 1 aliphatic rings. The Bertz CT molecular complexity index is 889. The summed E-state index contributed by atoms with van der Waals surface area (Å²) in [6.45, 7) is 4.55. The predicted molar refractivity (Wildman–Crippen MR) is 99.4 cm³/mol.